The summed E-state index contributed by atoms with van der Waals surface area (Å²) in [6.07, 6.45) is 1.71. The molecule has 1 saturated carbocycles. The smallest absolute Gasteiger partial charge is 0.192 e. The summed E-state index contributed by atoms with van der Waals surface area (Å²) in [5.74, 6) is 0.220. The topological polar surface area (TPSA) is 80.6 Å². The van der Waals surface area contributed by atoms with Crippen molar-refractivity contribution in [1.29, 1.82) is 5.26 Å². The lowest BCUT2D eigenvalue weighted by atomic mass is 9.66. The van der Waals surface area contributed by atoms with Crippen molar-refractivity contribution < 1.29 is 10.2 Å². The first-order valence-corrected chi connectivity index (χ1v) is 9.61. The number of hydrogen-bond donors (Lipinski definition) is 3. The van der Waals surface area contributed by atoms with Crippen LogP contribution in [0.1, 0.15) is 35.1 Å². The van der Waals surface area contributed by atoms with Crippen LogP contribution in [0.3, 0.4) is 0 Å². The zero-order chi connectivity index (χ0) is 19.9. The number of rotatable bonds is 2. The average Bonchev–Trinajstić information content (AvgIpc) is 2.70. The number of aliphatic hydroxyl groups excluding tert-OH is 1. The molecule has 3 unspecified atom stereocenters. The number of fused-ring (bicyclic) bond motifs is 2. The molecule has 2 aliphatic rings. The number of anilines is 1. The van der Waals surface area contributed by atoms with Crippen molar-refractivity contribution in [3.63, 3.8) is 0 Å². The molecule has 1 fully saturated rings. The maximum Gasteiger partial charge on any atom is 0.192 e. The van der Waals surface area contributed by atoms with Gasteiger partial charge < -0.3 is 15.5 Å². The molecule has 0 bridgehead atoms. The number of hydrogen-bond acceptors (Lipinski definition) is 4. The van der Waals surface area contributed by atoms with E-state index < -0.39 is 11.7 Å². The quantitative estimate of drug-likeness (QED) is 0.704. The van der Waals surface area contributed by atoms with E-state index in [4.69, 9.17) is 11.8 Å². The lowest BCUT2D eigenvalue weighted by Gasteiger charge is -2.51. The first kappa shape index (κ1) is 18.5. The highest BCUT2D eigenvalue weighted by Gasteiger charge is 2.51. The maximum atomic E-state index is 11.6. The first-order valence-electron chi connectivity index (χ1n) is 9.61. The molecule has 0 amide bonds. The van der Waals surface area contributed by atoms with E-state index in [0.29, 0.717) is 24.1 Å². The van der Waals surface area contributed by atoms with E-state index in [2.05, 4.69) is 22.3 Å². The van der Waals surface area contributed by atoms with Crippen molar-refractivity contribution in [2.75, 3.05) is 5.32 Å². The molecule has 142 valence electrons. The van der Waals surface area contributed by atoms with E-state index in [1.54, 1.807) is 12.1 Å². The van der Waals surface area contributed by atoms with Crippen molar-refractivity contribution >= 4 is 11.4 Å². The van der Waals surface area contributed by atoms with Crippen LogP contribution in [-0.4, -0.2) is 28.0 Å². The second-order valence-corrected chi connectivity index (χ2v) is 8.06. The van der Waals surface area contributed by atoms with Gasteiger partial charge in [0.15, 0.2) is 5.69 Å². The number of aliphatic hydroxyl groups is 2. The van der Waals surface area contributed by atoms with Gasteiger partial charge in [-0.25, -0.2) is 4.85 Å². The van der Waals surface area contributed by atoms with Gasteiger partial charge >= 0.3 is 0 Å². The predicted molar refractivity (Wildman–Crippen MR) is 107 cm³/mol. The first-order chi connectivity index (χ1) is 13.4. The molecule has 1 aliphatic carbocycles. The molecule has 4 atom stereocenters. The van der Waals surface area contributed by atoms with E-state index >= 15 is 0 Å². The lowest BCUT2D eigenvalue weighted by molar-refractivity contribution is -0.122. The number of benzene rings is 2. The van der Waals surface area contributed by atoms with Gasteiger partial charge in [0.1, 0.15) is 5.60 Å². The molecule has 1 aliphatic heterocycles. The van der Waals surface area contributed by atoms with Gasteiger partial charge in [0.05, 0.1) is 30.4 Å². The Kier molecular flexibility index (Phi) is 4.59. The third kappa shape index (κ3) is 3.03. The van der Waals surface area contributed by atoms with E-state index in [9.17, 15) is 10.2 Å². The summed E-state index contributed by atoms with van der Waals surface area (Å²) < 4.78 is 0. The predicted octanol–water partition coefficient (Wildman–Crippen LogP) is 3.50. The van der Waals surface area contributed by atoms with E-state index in [1.807, 2.05) is 25.1 Å². The fourth-order valence-electron chi connectivity index (χ4n) is 4.75. The zero-order valence-electron chi connectivity index (χ0n) is 15.8. The molecule has 4 rings (SSSR count). The van der Waals surface area contributed by atoms with Crippen molar-refractivity contribution in [1.82, 2.24) is 0 Å². The minimum absolute atomic E-state index is 0.220. The molecule has 1 heterocycles. The standard InChI is InChI=1S/C23H23N3O2/c1-14-9-18-10-17-7-8-21(27)23(28,12-15-3-5-16(13-24)6-4-15)22(17)26-20(18)11-19(14)25-2/h3-6,9,11,17,21-22,26-28H,7-8,10,12H2,1H3/t17?,21?,22?,23-/m0/s1. The summed E-state index contributed by atoms with van der Waals surface area (Å²) in [5.41, 5.74) is 3.78. The van der Waals surface area contributed by atoms with Crippen molar-refractivity contribution in [2.45, 2.75) is 50.4 Å². The highest BCUT2D eigenvalue weighted by atomic mass is 16.3. The number of nitrogens with zero attached hydrogens (tertiary/aromatic N) is 2. The van der Waals surface area contributed by atoms with Gasteiger partial charge in [-0.05, 0) is 67.0 Å². The third-order valence-corrected chi connectivity index (χ3v) is 6.30. The number of aryl methyl sites for hydroxylation is 1. The number of nitriles is 1. The summed E-state index contributed by atoms with van der Waals surface area (Å²) in [7, 11) is 0. The van der Waals surface area contributed by atoms with Gasteiger partial charge in [-0.15, -0.1) is 0 Å². The van der Waals surface area contributed by atoms with Gasteiger partial charge in [-0.3, -0.25) is 0 Å². The van der Waals surface area contributed by atoms with Crippen LogP contribution >= 0.6 is 0 Å². The van der Waals surface area contributed by atoms with Crippen LogP contribution in [-0.2, 0) is 12.8 Å². The SMILES string of the molecule is [C-]#[N+]c1cc2c(cc1C)CC1CCC(O)[C@@](O)(Cc3ccc(C#N)cc3)C1N2. The maximum absolute atomic E-state index is 11.6. The van der Waals surface area contributed by atoms with Crippen LogP contribution in [0.15, 0.2) is 36.4 Å². The molecule has 2 aromatic carbocycles. The zero-order valence-corrected chi connectivity index (χ0v) is 15.8. The summed E-state index contributed by atoms with van der Waals surface area (Å²) in [4.78, 5) is 3.59. The van der Waals surface area contributed by atoms with Crippen LogP contribution in [0.5, 0.6) is 0 Å². The van der Waals surface area contributed by atoms with E-state index in [1.165, 1.54) is 5.56 Å². The molecule has 5 nitrogen and oxygen atoms in total. The summed E-state index contributed by atoms with van der Waals surface area (Å²) in [6, 6.07) is 12.9. The van der Waals surface area contributed by atoms with Crippen LogP contribution in [0.4, 0.5) is 11.4 Å². The van der Waals surface area contributed by atoms with Crippen molar-refractivity contribution in [2.24, 2.45) is 5.92 Å². The van der Waals surface area contributed by atoms with Crippen LogP contribution in [0, 0.1) is 30.7 Å². The highest BCUT2D eigenvalue weighted by Crippen LogP contribution is 2.44. The molecule has 0 radical (unpaired) electrons. The van der Waals surface area contributed by atoms with Crippen molar-refractivity contribution in [3.8, 4) is 6.07 Å². The molecule has 0 spiro atoms. The van der Waals surface area contributed by atoms with Crippen LogP contribution in [0.2, 0.25) is 0 Å². The molecule has 2 aromatic rings. The summed E-state index contributed by atoms with van der Waals surface area (Å²) in [6.45, 7) is 9.31. The lowest BCUT2D eigenvalue weighted by Crippen LogP contribution is -2.63. The molecule has 0 saturated heterocycles. The fourth-order valence-corrected chi connectivity index (χ4v) is 4.75. The molecule has 28 heavy (non-hydrogen) atoms. The Morgan fingerprint density at radius 3 is 2.71 bits per heavy atom. The van der Waals surface area contributed by atoms with Crippen molar-refractivity contribution in [3.05, 3.63) is 70.1 Å². The largest absolute Gasteiger partial charge is 0.390 e. The van der Waals surface area contributed by atoms with Gasteiger partial charge in [-0.2, -0.15) is 5.26 Å². The second-order valence-electron chi connectivity index (χ2n) is 8.06. The Morgan fingerprint density at radius 1 is 1.29 bits per heavy atom. The third-order valence-electron chi connectivity index (χ3n) is 6.30. The van der Waals surface area contributed by atoms with Gasteiger partial charge in [0, 0.05) is 12.1 Å². The van der Waals surface area contributed by atoms with E-state index in [0.717, 1.165) is 29.7 Å². The Hall–Kier alpha value is -2.86. The van der Waals surface area contributed by atoms with Crippen LogP contribution in [0.25, 0.3) is 4.85 Å². The van der Waals surface area contributed by atoms with Gasteiger partial charge in [0.25, 0.3) is 0 Å². The Morgan fingerprint density at radius 2 is 2.04 bits per heavy atom. The molecule has 3 N–H and O–H groups in total. The second kappa shape index (κ2) is 6.95. The fraction of sp³-hybridized carbons (Fsp3) is 0.391. The highest BCUT2D eigenvalue weighted by molar-refractivity contribution is 5.67. The minimum atomic E-state index is -1.31. The Labute approximate surface area is 165 Å². The summed E-state index contributed by atoms with van der Waals surface area (Å²) >= 11 is 0. The Bertz CT molecular complexity index is 987. The average molecular weight is 373 g/mol. The summed E-state index contributed by atoms with van der Waals surface area (Å²) in [5, 5.41) is 34.8. The van der Waals surface area contributed by atoms with Gasteiger partial charge in [-0.1, -0.05) is 18.2 Å². The number of nitrogens with one attached hydrogen (secondary N) is 1. The molecule has 5 heteroatoms. The Balaban J connectivity index is 1.68. The molecular weight excluding hydrogens is 350 g/mol. The molecular formula is C23H23N3O2. The molecule has 0 aromatic heterocycles. The monoisotopic (exact) mass is 373 g/mol. The minimum Gasteiger partial charge on any atom is -0.390 e. The van der Waals surface area contributed by atoms with Gasteiger partial charge in [0.2, 0.25) is 0 Å². The van der Waals surface area contributed by atoms with Crippen LogP contribution < -0.4 is 5.32 Å². The van der Waals surface area contributed by atoms with E-state index in [-0.39, 0.29) is 12.0 Å². The normalized spacial score (nSPS) is 28.2.